The number of allylic oxidation sites excluding steroid dienone is 1. The van der Waals surface area contributed by atoms with Gasteiger partial charge < -0.3 is 5.01 Å². The minimum absolute atomic E-state index is 0.242. The van der Waals surface area contributed by atoms with Crippen LogP contribution in [0.2, 0.25) is 5.02 Å². The Morgan fingerprint density at radius 1 is 1.48 bits per heavy atom. The van der Waals surface area contributed by atoms with Crippen LogP contribution in [-0.2, 0) is 17.4 Å². The molecule has 0 amide bonds. The molecule has 2 aliphatic heterocycles. The van der Waals surface area contributed by atoms with Gasteiger partial charge in [0.05, 0.1) is 19.8 Å². The average molecular weight is 438 g/mol. The highest BCUT2D eigenvalue weighted by atomic mass is 35.5. The lowest BCUT2D eigenvalue weighted by atomic mass is 9.77. The fourth-order valence-corrected chi connectivity index (χ4v) is 4.21. The van der Waals surface area contributed by atoms with Gasteiger partial charge in [0.2, 0.25) is 5.82 Å². The number of rotatable bonds is 5. The van der Waals surface area contributed by atoms with E-state index in [2.05, 4.69) is 32.3 Å². The minimum atomic E-state index is -1.15. The number of nitriles is 1. The van der Waals surface area contributed by atoms with Crippen molar-refractivity contribution in [3.05, 3.63) is 65.2 Å². The third-order valence-corrected chi connectivity index (χ3v) is 5.51. The topological polar surface area (TPSA) is 115 Å². The number of halogens is 1. The molecular formula is C20H20ClN9O. The smallest absolute Gasteiger partial charge is 0.201 e. The third-order valence-electron chi connectivity index (χ3n) is 5.28. The summed E-state index contributed by atoms with van der Waals surface area (Å²) in [6.07, 6.45) is 4.55. The molecule has 0 spiro atoms. The highest BCUT2D eigenvalue weighted by Gasteiger charge is 2.54. The molecule has 2 aromatic rings. The molecule has 11 heteroatoms. The van der Waals surface area contributed by atoms with Crippen molar-refractivity contribution in [1.29, 1.82) is 5.26 Å². The fraction of sp³-hybridized carbons (Fsp3) is 0.300. The summed E-state index contributed by atoms with van der Waals surface area (Å²) in [6.45, 7) is 5.13. The standard InChI is InChI=1S/C20H20ClN9O/c1-3-17(31)18-20(19-25-27-28(2)26-19,14-5-4-6-15(21)11-14)24-8-10-30(18)29-9-7-23-16(12-22)13-29/h3-7,11,13,18,24H,1,8-10H2,2H3. The van der Waals surface area contributed by atoms with E-state index in [0.29, 0.717) is 36.0 Å². The van der Waals surface area contributed by atoms with E-state index in [1.54, 1.807) is 31.6 Å². The normalized spacial score (nSPS) is 23.8. The molecule has 2 unspecified atom stereocenters. The lowest BCUT2D eigenvalue weighted by molar-refractivity contribution is -0.135. The molecule has 0 bridgehead atoms. The molecule has 1 aromatic carbocycles. The van der Waals surface area contributed by atoms with Gasteiger partial charge in [-0.05, 0) is 29.0 Å². The van der Waals surface area contributed by atoms with E-state index in [9.17, 15) is 10.1 Å². The molecule has 2 atom stereocenters. The van der Waals surface area contributed by atoms with Gasteiger partial charge in [0.25, 0.3) is 0 Å². The van der Waals surface area contributed by atoms with Gasteiger partial charge in [0.15, 0.2) is 11.5 Å². The van der Waals surface area contributed by atoms with E-state index in [1.165, 1.54) is 10.9 Å². The molecule has 158 valence electrons. The first-order valence-corrected chi connectivity index (χ1v) is 9.97. The molecule has 1 fully saturated rings. The van der Waals surface area contributed by atoms with E-state index < -0.39 is 11.6 Å². The summed E-state index contributed by atoms with van der Waals surface area (Å²) in [5.74, 6) is 0.0892. The van der Waals surface area contributed by atoms with Crippen LogP contribution in [0.4, 0.5) is 0 Å². The molecule has 31 heavy (non-hydrogen) atoms. The van der Waals surface area contributed by atoms with Crippen molar-refractivity contribution in [3.8, 4) is 6.07 Å². The van der Waals surface area contributed by atoms with Crippen molar-refractivity contribution >= 4 is 23.6 Å². The fourth-order valence-electron chi connectivity index (χ4n) is 4.02. The number of aryl methyl sites for hydroxylation is 1. The quantitative estimate of drug-likeness (QED) is 0.683. The van der Waals surface area contributed by atoms with Crippen molar-refractivity contribution in [2.24, 2.45) is 12.0 Å². The van der Waals surface area contributed by atoms with Crippen molar-refractivity contribution in [2.45, 2.75) is 11.6 Å². The van der Waals surface area contributed by atoms with Crippen LogP contribution in [-0.4, -0.2) is 67.9 Å². The summed E-state index contributed by atoms with van der Waals surface area (Å²) in [5.41, 5.74) is -0.189. The minimum Gasteiger partial charge on any atom is -0.304 e. The van der Waals surface area contributed by atoms with Crippen LogP contribution in [0.15, 0.2) is 53.8 Å². The van der Waals surface area contributed by atoms with Gasteiger partial charge in [0.1, 0.15) is 17.6 Å². The Morgan fingerprint density at radius 3 is 3.00 bits per heavy atom. The Bertz CT molecular complexity index is 1120. The van der Waals surface area contributed by atoms with Gasteiger partial charge in [-0.3, -0.25) is 10.1 Å². The van der Waals surface area contributed by atoms with Gasteiger partial charge in [-0.1, -0.05) is 30.3 Å². The van der Waals surface area contributed by atoms with Crippen LogP contribution in [0.1, 0.15) is 11.4 Å². The zero-order valence-electron chi connectivity index (χ0n) is 16.8. The number of carbonyl (C=O) groups is 1. The maximum atomic E-state index is 13.4. The van der Waals surface area contributed by atoms with Gasteiger partial charge >= 0.3 is 0 Å². The zero-order valence-corrected chi connectivity index (χ0v) is 17.6. The Kier molecular flexibility index (Phi) is 5.65. The first-order valence-electron chi connectivity index (χ1n) is 9.59. The summed E-state index contributed by atoms with van der Waals surface area (Å²) in [7, 11) is 1.66. The third kappa shape index (κ3) is 3.63. The SMILES string of the molecule is C=CC(=O)C1N(N2C=C(C#N)N=CC2)CCNC1(c1cccc(Cl)c1)c1nnn(C)n1. The molecule has 1 N–H and O–H groups in total. The van der Waals surface area contributed by atoms with E-state index in [0.717, 1.165) is 0 Å². The number of piperazine rings is 1. The van der Waals surface area contributed by atoms with Gasteiger partial charge in [0, 0.05) is 24.3 Å². The number of nitrogens with one attached hydrogen (secondary N) is 1. The van der Waals surface area contributed by atoms with Crippen molar-refractivity contribution < 1.29 is 4.79 Å². The number of carbonyl (C=O) groups excluding carboxylic acids is 1. The van der Waals surface area contributed by atoms with Crippen LogP contribution in [0.5, 0.6) is 0 Å². The number of aliphatic imine (C=N–C) groups is 1. The molecule has 2 aliphatic rings. The summed E-state index contributed by atoms with van der Waals surface area (Å²) < 4.78 is 0. The van der Waals surface area contributed by atoms with Crippen molar-refractivity contribution in [3.63, 3.8) is 0 Å². The number of nitrogens with zero attached hydrogens (tertiary/aromatic N) is 8. The Labute approximate surface area is 184 Å². The number of ketones is 1. The summed E-state index contributed by atoms with van der Waals surface area (Å²) in [6, 6.07) is 8.46. The number of aromatic nitrogens is 4. The van der Waals surface area contributed by atoms with E-state index >= 15 is 0 Å². The van der Waals surface area contributed by atoms with Crippen LogP contribution < -0.4 is 5.32 Å². The van der Waals surface area contributed by atoms with Gasteiger partial charge in [-0.2, -0.15) is 10.1 Å². The summed E-state index contributed by atoms with van der Waals surface area (Å²) in [4.78, 5) is 18.8. The van der Waals surface area contributed by atoms with Gasteiger partial charge in [-0.15, -0.1) is 10.2 Å². The first kappa shape index (κ1) is 20.9. The summed E-state index contributed by atoms with van der Waals surface area (Å²) >= 11 is 6.32. The monoisotopic (exact) mass is 437 g/mol. The van der Waals surface area contributed by atoms with Crippen LogP contribution in [0, 0.1) is 11.3 Å². The maximum Gasteiger partial charge on any atom is 0.201 e. The Morgan fingerprint density at radius 2 is 2.32 bits per heavy atom. The number of hydrogen-bond acceptors (Lipinski definition) is 9. The second-order valence-corrected chi connectivity index (χ2v) is 7.52. The zero-order chi connectivity index (χ0) is 22.0. The Balaban J connectivity index is 1.93. The predicted molar refractivity (Wildman–Crippen MR) is 114 cm³/mol. The van der Waals surface area contributed by atoms with Crippen LogP contribution >= 0.6 is 11.6 Å². The number of tetrazole rings is 1. The second kappa shape index (κ2) is 8.39. The maximum absolute atomic E-state index is 13.4. The molecule has 1 saturated heterocycles. The van der Waals surface area contributed by atoms with E-state index in [1.807, 2.05) is 28.2 Å². The largest absolute Gasteiger partial charge is 0.304 e. The molecule has 1 aromatic heterocycles. The molecule has 0 radical (unpaired) electrons. The number of hydrogen-bond donors (Lipinski definition) is 1. The van der Waals surface area contributed by atoms with E-state index in [-0.39, 0.29) is 11.5 Å². The molecule has 4 rings (SSSR count). The highest BCUT2D eigenvalue weighted by molar-refractivity contribution is 6.30. The van der Waals surface area contributed by atoms with E-state index in [4.69, 9.17) is 11.6 Å². The molecule has 10 nitrogen and oxygen atoms in total. The lowest BCUT2D eigenvalue weighted by Gasteiger charge is -2.51. The Hall–Kier alpha value is -3.39. The van der Waals surface area contributed by atoms with Crippen molar-refractivity contribution in [1.82, 2.24) is 35.5 Å². The average Bonchev–Trinajstić information content (AvgIpc) is 3.24. The number of benzene rings is 1. The molecule has 3 heterocycles. The van der Waals surface area contributed by atoms with Crippen LogP contribution in [0.3, 0.4) is 0 Å². The summed E-state index contributed by atoms with van der Waals surface area (Å²) in [5, 5.41) is 29.7. The number of hydrazine groups is 1. The van der Waals surface area contributed by atoms with Crippen LogP contribution in [0.25, 0.3) is 0 Å². The molecule has 0 aliphatic carbocycles. The lowest BCUT2D eigenvalue weighted by Crippen LogP contribution is -2.70. The molecule has 0 saturated carbocycles. The molecular weight excluding hydrogens is 418 g/mol. The first-order chi connectivity index (χ1) is 15.0. The predicted octanol–water partition coefficient (Wildman–Crippen LogP) is 0.802. The second-order valence-electron chi connectivity index (χ2n) is 7.08. The van der Waals surface area contributed by atoms with Gasteiger partial charge in [-0.25, -0.2) is 10.0 Å². The van der Waals surface area contributed by atoms with Crippen molar-refractivity contribution in [2.75, 3.05) is 19.6 Å². The highest BCUT2D eigenvalue weighted by Crippen LogP contribution is 2.38.